The molecule has 0 aromatic carbocycles. The summed E-state index contributed by atoms with van der Waals surface area (Å²) in [7, 11) is 0. The Morgan fingerprint density at radius 1 is 0.591 bits per heavy atom. The number of rotatable bonds is 16. The second-order valence-electron chi connectivity index (χ2n) is 7.24. The highest BCUT2D eigenvalue weighted by Crippen LogP contribution is 2.16. The van der Waals surface area contributed by atoms with E-state index in [-0.39, 0.29) is 12.2 Å². The summed E-state index contributed by atoms with van der Waals surface area (Å²) < 4.78 is 0. The first-order chi connectivity index (χ1) is 10.6. The maximum absolute atomic E-state index is 9.98. The van der Waals surface area contributed by atoms with E-state index in [9.17, 15) is 10.2 Å². The molecule has 0 aromatic heterocycles. The van der Waals surface area contributed by atoms with Crippen molar-refractivity contribution in [3.8, 4) is 0 Å². The van der Waals surface area contributed by atoms with Crippen molar-refractivity contribution in [2.45, 2.75) is 123 Å². The van der Waals surface area contributed by atoms with E-state index in [1.54, 1.807) is 0 Å². The Hall–Kier alpha value is -0.0800. The third-order valence-electron chi connectivity index (χ3n) is 4.91. The Balaban J connectivity index is 3.36. The summed E-state index contributed by atoms with van der Waals surface area (Å²) in [6, 6.07) is 0. The van der Waals surface area contributed by atoms with Crippen LogP contribution in [0.15, 0.2) is 0 Å². The molecule has 2 nitrogen and oxygen atoms in total. The average Bonchev–Trinajstić information content (AvgIpc) is 2.52. The lowest BCUT2D eigenvalue weighted by Crippen LogP contribution is -2.13. The van der Waals surface area contributed by atoms with Crippen LogP contribution in [0.25, 0.3) is 0 Å². The van der Waals surface area contributed by atoms with Crippen molar-refractivity contribution in [2.24, 2.45) is 5.92 Å². The third kappa shape index (κ3) is 14.8. The Labute approximate surface area is 139 Å². The maximum Gasteiger partial charge on any atom is 0.0541 e. The molecule has 3 atom stereocenters. The van der Waals surface area contributed by atoms with Gasteiger partial charge in [-0.05, 0) is 31.6 Å². The summed E-state index contributed by atoms with van der Waals surface area (Å²) in [5.41, 5.74) is 0. The van der Waals surface area contributed by atoms with Crippen molar-refractivity contribution in [2.75, 3.05) is 0 Å². The summed E-state index contributed by atoms with van der Waals surface area (Å²) in [5.74, 6) is 0.865. The molecule has 0 radical (unpaired) electrons. The predicted molar refractivity (Wildman–Crippen MR) is 97.2 cm³/mol. The highest BCUT2D eigenvalue weighted by atomic mass is 16.3. The van der Waals surface area contributed by atoms with Gasteiger partial charge in [0.15, 0.2) is 0 Å². The molecule has 0 bridgehead atoms. The zero-order valence-electron chi connectivity index (χ0n) is 15.5. The Morgan fingerprint density at radius 2 is 1.05 bits per heavy atom. The molecule has 22 heavy (non-hydrogen) atoms. The van der Waals surface area contributed by atoms with Crippen molar-refractivity contribution >= 4 is 0 Å². The number of unbranched alkanes of at least 4 members (excludes halogenated alkanes) is 6. The van der Waals surface area contributed by atoms with E-state index in [0.29, 0.717) is 0 Å². The quantitative estimate of drug-likeness (QED) is 0.351. The van der Waals surface area contributed by atoms with E-state index >= 15 is 0 Å². The van der Waals surface area contributed by atoms with Gasteiger partial charge in [0.05, 0.1) is 12.2 Å². The molecule has 0 saturated heterocycles. The number of aliphatic hydroxyl groups excluding tert-OH is 2. The number of hydrogen-bond donors (Lipinski definition) is 2. The fourth-order valence-electron chi connectivity index (χ4n) is 2.91. The lowest BCUT2D eigenvalue weighted by atomic mass is 9.98. The van der Waals surface area contributed by atoms with E-state index < -0.39 is 0 Å². The molecule has 3 unspecified atom stereocenters. The van der Waals surface area contributed by atoms with Gasteiger partial charge in [-0.25, -0.2) is 0 Å². The Morgan fingerprint density at radius 3 is 1.50 bits per heavy atom. The van der Waals surface area contributed by atoms with Gasteiger partial charge in [-0.15, -0.1) is 0 Å². The van der Waals surface area contributed by atoms with Crippen LogP contribution in [-0.2, 0) is 0 Å². The summed E-state index contributed by atoms with van der Waals surface area (Å²) in [6.07, 6.45) is 15.5. The van der Waals surface area contributed by atoms with Gasteiger partial charge in [0, 0.05) is 0 Å². The standard InChI is InChI=1S/C20H42O2/c1-4-6-7-11-14-19(21)16-17-20(22)15-12-9-8-10-13-18(3)5-2/h18-22H,4-17H2,1-3H3. The van der Waals surface area contributed by atoms with Crippen molar-refractivity contribution in [3.63, 3.8) is 0 Å². The average molecular weight is 315 g/mol. The highest BCUT2D eigenvalue weighted by Gasteiger charge is 2.09. The van der Waals surface area contributed by atoms with Crippen molar-refractivity contribution in [1.29, 1.82) is 0 Å². The van der Waals surface area contributed by atoms with E-state index in [0.717, 1.165) is 44.4 Å². The Bertz CT molecular complexity index is 218. The summed E-state index contributed by atoms with van der Waals surface area (Å²) >= 11 is 0. The monoisotopic (exact) mass is 314 g/mol. The molecule has 0 fully saturated rings. The molecule has 134 valence electrons. The van der Waals surface area contributed by atoms with Crippen molar-refractivity contribution in [1.82, 2.24) is 0 Å². The topological polar surface area (TPSA) is 40.5 Å². The van der Waals surface area contributed by atoms with Gasteiger partial charge in [-0.1, -0.05) is 85.0 Å². The minimum Gasteiger partial charge on any atom is -0.393 e. The molecule has 2 N–H and O–H groups in total. The van der Waals surface area contributed by atoms with Gasteiger partial charge < -0.3 is 10.2 Å². The van der Waals surface area contributed by atoms with Gasteiger partial charge >= 0.3 is 0 Å². The fourth-order valence-corrected chi connectivity index (χ4v) is 2.91. The first-order valence-corrected chi connectivity index (χ1v) is 9.96. The second kappa shape index (κ2) is 15.8. The molecule has 0 aliphatic carbocycles. The van der Waals surface area contributed by atoms with Gasteiger partial charge in [-0.3, -0.25) is 0 Å². The largest absolute Gasteiger partial charge is 0.393 e. The molecule has 0 amide bonds. The molecule has 2 heteroatoms. The molecule has 0 aromatic rings. The first-order valence-electron chi connectivity index (χ1n) is 9.96. The lowest BCUT2D eigenvalue weighted by molar-refractivity contribution is 0.101. The smallest absolute Gasteiger partial charge is 0.0541 e. The van der Waals surface area contributed by atoms with Gasteiger partial charge in [0.25, 0.3) is 0 Å². The molecule has 0 rings (SSSR count). The second-order valence-corrected chi connectivity index (χ2v) is 7.24. The predicted octanol–water partition coefficient (Wildman–Crippen LogP) is 5.85. The van der Waals surface area contributed by atoms with Crippen LogP contribution in [0, 0.1) is 5.92 Å². The van der Waals surface area contributed by atoms with Gasteiger partial charge in [0.2, 0.25) is 0 Å². The van der Waals surface area contributed by atoms with Crippen LogP contribution >= 0.6 is 0 Å². The van der Waals surface area contributed by atoms with Crippen LogP contribution < -0.4 is 0 Å². The van der Waals surface area contributed by atoms with Crippen LogP contribution in [0.2, 0.25) is 0 Å². The van der Waals surface area contributed by atoms with E-state index in [1.165, 1.54) is 51.4 Å². The van der Waals surface area contributed by atoms with Crippen LogP contribution in [0.4, 0.5) is 0 Å². The van der Waals surface area contributed by atoms with Crippen molar-refractivity contribution < 1.29 is 10.2 Å². The fraction of sp³-hybridized carbons (Fsp3) is 1.00. The summed E-state index contributed by atoms with van der Waals surface area (Å²) in [4.78, 5) is 0. The Kier molecular flexibility index (Phi) is 15.7. The van der Waals surface area contributed by atoms with Gasteiger partial charge in [-0.2, -0.15) is 0 Å². The van der Waals surface area contributed by atoms with Gasteiger partial charge in [0.1, 0.15) is 0 Å². The molecule has 0 spiro atoms. The van der Waals surface area contributed by atoms with E-state index in [2.05, 4.69) is 20.8 Å². The molecular formula is C20H42O2. The molecular weight excluding hydrogens is 272 g/mol. The SMILES string of the molecule is CCCCCCC(O)CCC(O)CCCCCCC(C)CC. The minimum absolute atomic E-state index is 0.206. The zero-order valence-corrected chi connectivity index (χ0v) is 15.5. The zero-order chi connectivity index (χ0) is 16.6. The van der Waals surface area contributed by atoms with Crippen LogP contribution in [-0.4, -0.2) is 22.4 Å². The number of aliphatic hydroxyl groups is 2. The van der Waals surface area contributed by atoms with E-state index in [1.807, 2.05) is 0 Å². The summed E-state index contributed by atoms with van der Waals surface area (Å²) in [6.45, 7) is 6.80. The molecule has 0 aliphatic heterocycles. The third-order valence-corrected chi connectivity index (χ3v) is 4.91. The molecule has 0 saturated carbocycles. The van der Waals surface area contributed by atoms with Crippen LogP contribution in [0.5, 0.6) is 0 Å². The van der Waals surface area contributed by atoms with Crippen LogP contribution in [0.1, 0.15) is 111 Å². The maximum atomic E-state index is 9.98. The number of hydrogen-bond acceptors (Lipinski definition) is 2. The van der Waals surface area contributed by atoms with E-state index in [4.69, 9.17) is 0 Å². The first kappa shape index (κ1) is 21.9. The highest BCUT2D eigenvalue weighted by molar-refractivity contribution is 4.62. The molecule has 0 heterocycles. The molecule has 0 aliphatic rings. The lowest BCUT2D eigenvalue weighted by Gasteiger charge is -2.14. The minimum atomic E-state index is -0.208. The summed E-state index contributed by atoms with van der Waals surface area (Å²) in [5, 5.41) is 19.9. The van der Waals surface area contributed by atoms with Crippen molar-refractivity contribution in [3.05, 3.63) is 0 Å². The normalized spacial score (nSPS) is 15.7. The van der Waals surface area contributed by atoms with Crippen LogP contribution in [0.3, 0.4) is 0 Å².